The fraction of sp³-hybridized carbons (Fsp3) is 0.714. The van der Waals surface area contributed by atoms with Crippen molar-refractivity contribution in [3.8, 4) is 0 Å². The molecule has 0 radical (unpaired) electrons. The fourth-order valence-corrected chi connectivity index (χ4v) is 3.59. The standard InChI is InChI=1S/C14H21NO2/c1-2-13(16)17-14(10-15)9-5-7-11-6-3-4-8-12(11)14/h2,10-12,15H,1,3-9H2. The van der Waals surface area contributed by atoms with Gasteiger partial charge in [-0.25, -0.2) is 4.79 Å². The summed E-state index contributed by atoms with van der Waals surface area (Å²) in [4.78, 5) is 11.5. The van der Waals surface area contributed by atoms with Crippen molar-refractivity contribution in [2.75, 3.05) is 0 Å². The van der Waals surface area contributed by atoms with Gasteiger partial charge in [0.05, 0.1) is 0 Å². The molecule has 3 atom stereocenters. The van der Waals surface area contributed by atoms with Gasteiger partial charge in [-0.05, 0) is 31.6 Å². The molecule has 0 heterocycles. The minimum atomic E-state index is -0.644. The van der Waals surface area contributed by atoms with Crippen molar-refractivity contribution >= 4 is 12.2 Å². The molecule has 0 amide bonds. The first-order valence-corrected chi connectivity index (χ1v) is 6.59. The Morgan fingerprint density at radius 1 is 1.29 bits per heavy atom. The number of hydrogen-bond donors (Lipinski definition) is 1. The molecule has 0 bridgehead atoms. The lowest BCUT2D eigenvalue weighted by Crippen LogP contribution is -2.50. The normalized spacial score (nSPS) is 36.7. The largest absolute Gasteiger partial charge is 0.450 e. The van der Waals surface area contributed by atoms with E-state index in [1.807, 2.05) is 0 Å². The molecule has 2 rings (SSSR count). The van der Waals surface area contributed by atoms with Crippen LogP contribution in [0.1, 0.15) is 44.9 Å². The van der Waals surface area contributed by atoms with E-state index in [9.17, 15) is 4.79 Å². The van der Waals surface area contributed by atoms with Crippen LogP contribution in [0.25, 0.3) is 0 Å². The number of hydrogen-bond acceptors (Lipinski definition) is 3. The monoisotopic (exact) mass is 235 g/mol. The summed E-state index contributed by atoms with van der Waals surface area (Å²) in [5, 5.41) is 7.70. The van der Waals surface area contributed by atoms with Crippen molar-refractivity contribution < 1.29 is 9.53 Å². The highest BCUT2D eigenvalue weighted by Gasteiger charge is 2.47. The van der Waals surface area contributed by atoms with E-state index in [1.54, 1.807) is 0 Å². The van der Waals surface area contributed by atoms with Crippen LogP contribution in [0.3, 0.4) is 0 Å². The summed E-state index contributed by atoms with van der Waals surface area (Å²) < 4.78 is 5.55. The Labute approximate surface area is 103 Å². The Kier molecular flexibility index (Phi) is 3.65. The second-order valence-corrected chi connectivity index (χ2v) is 5.27. The van der Waals surface area contributed by atoms with Gasteiger partial charge in [-0.15, -0.1) is 0 Å². The zero-order chi connectivity index (χ0) is 12.3. The van der Waals surface area contributed by atoms with E-state index in [0.717, 1.165) is 19.3 Å². The molecule has 2 saturated carbocycles. The quantitative estimate of drug-likeness (QED) is 0.464. The van der Waals surface area contributed by atoms with Crippen LogP contribution in [-0.2, 0) is 9.53 Å². The summed E-state index contributed by atoms with van der Waals surface area (Å²) in [5.74, 6) is 0.600. The molecule has 0 spiro atoms. The highest BCUT2D eigenvalue weighted by molar-refractivity contribution is 5.84. The molecule has 17 heavy (non-hydrogen) atoms. The van der Waals surface area contributed by atoms with Gasteiger partial charge in [0.15, 0.2) is 0 Å². The number of fused-ring (bicyclic) bond motifs is 1. The summed E-state index contributed by atoms with van der Waals surface area (Å²) in [6, 6.07) is 0. The van der Waals surface area contributed by atoms with E-state index in [-0.39, 0.29) is 5.97 Å². The van der Waals surface area contributed by atoms with Gasteiger partial charge in [0, 0.05) is 18.2 Å². The minimum Gasteiger partial charge on any atom is -0.450 e. The van der Waals surface area contributed by atoms with E-state index in [0.29, 0.717) is 11.8 Å². The van der Waals surface area contributed by atoms with Crippen molar-refractivity contribution in [3.63, 3.8) is 0 Å². The predicted octanol–water partition coefficient (Wildman–Crippen LogP) is 3.09. The molecule has 0 aliphatic heterocycles. The Hall–Kier alpha value is -1.12. The molecule has 1 N–H and O–H groups in total. The van der Waals surface area contributed by atoms with Crippen molar-refractivity contribution in [3.05, 3.63) is 12.7 Å². The molecule has 3 nitrogen and oxygen atoms in total. The third-order valence-corrected chi connectivity index (χ3v) is 4.38. The van der Waals surface area contributed by atoms with Gasteiger partial charge < -0.3 is 10.1 Å². The van der Waals surface area contributed by atoms with Gasteiger partial charge in [-0.3, -0.25) is 0 Å². The van der Waals surface area contributed by atoms with Gasteiger partial charge in [0.2, 0.25) is 0 Å². The van der Waals surface area contributed by atoms with Crippen molar-refractivity contribution in [2.24, 2.45) is 11.8 Å². The topological polar surface area (TPSA) is 50.2 Å². The summed E-state index contributed by atoms with van der Waals surface area (Å²) in [6.45, 7) is 3.45. The summed E-state index contributed by atoms with van der Waals surface area (Å²) in [6.07, 6.45) is 10.5. The molecule has 3 unspecified atom stereocenters. The van der Waals surface area contributed by atoms with Crippen molar-refractivity contribution in [1.82, 2.24) is 0 Å². The lowest BCUT2D eigenvalue weighted by Gasteiger charge is -2.47. The van der Waals surface area contributed by atoms with Gasteiger partial charge in [-0.1, -0.05) is 25.8 Å². The second-order valence-electron chi connectivity index (χ2n) is 5.27. The average Bonchev–Trinajstić information content (AvgIpc) is 2.39. The maximum Gasteiger partial charge on any atom is 0.331 e. The van der Waals surface area contributed by atoms with E-state index in [2.05, 4.69) is 6.58 Å². The third-order valence-electron chi connectivity index (χ3n) is 4.38. The Bertz CT molecular complexity index is 324. The van der Waals surface area contributed by atoms with Crippen LogP contribution in [-0.4, -0.2) is 17.8 Å². The first-order valence-electron chi connectivity index (χ1n) is 6.59. The Morgan fingerprint density at radius 2 is 2.00 bits per heavy atom. The van der Waals surface area contributed by atoms with Crippen LogP contribution in [0.4, 0.5) is 0 Å². The highest BCUT2D eigenvalue weighted by Crippen LogP contribution is 2.47. The van der Waals surface area contributed by atoms with Crippen molar-refractivity contribution in [2.45, 2.75) is 50.5 Å². The molecule has 0 aromatic heterocycles. The molecule has 0 aromatic rings. The molecule has 0 saturated heterocycles. The lowest BCUT2D eigenvalue weighted by atomic mass is 9.63. The summed E-state index contributed by atoms with van der Waals surface area (Å²) >= 11 is 0. The van der Waals surface area contributed by atoms with Gasteiger partial charge in [-0.2, -0.15) is 0 Å². The van der Waals surface area contributed by atoms with Crippen LogP contribution >= 0.6 is 0 Å². The molecule has 2 fully saturated rings. The first kappa shape index (κ1) is 12.3. The van der Waals surface area contributed by atoms with E-state index in [4.69, 9.17) is 10.1 Å². The van der Waals surface area contributed by atoms with Gasteiger partial charge >= 0.3 is 5.97 Å². The van der Waals surface area contributed by atoms with Gasteiger partial charge in [0.1, 0.15) is 5.60 Å². The summed E-state index contributed by atoms with van der Waals surface area (Å²) in [5.41, 5.74) is -0.644. The molecular weight excluding hydrogens is 214 g/mol. The lowest BCUT2D eigenvalue weighted by molar-refractivity contribution is -0.157. The maximum absolute atomic E-state index is 11.5. The van der Waals surface area contributed by atoms with Crippen molar-refractivity contribution in [1.29, 1.82) is 5.41 Å². The maximum atomic E-state index is 11.5. The fourth-order valence-electron chi connectivity index (χ4n) is 3.59. The summed E-state index contributed by atoms with van der Waals surface area (Å²) in [7, 11) is 0. The SMILES string of the molecule is C=CC(=O)OC1(C=N)CCCC2CCCCC21. The Morgan fingerprint density at radius 3 is 2.71 bits per heavy atom. The van der Waals surface area contributed by atoms with E-state index >= 15 is 0 Å². The van der Waals surface area contributed by atoms with E-state index in [1.165, 1.54) is 38.0 Å². The van der Waals surface area contributed by atoms with Crippen LogP contribution in [0.2, 0.25) is 0 Å². The van der Waals surface area contributed by atoms with Crippen LogP contribution in [0.15, 0.2) is 12.7 Å². The molecule has 3 heteroatoms. The third kappa shape index (κ3) is 2.28. The average molecular weight is 235 g/mol. The highest BCUT2D eigenvalue weighted by atomic mass is 16.6. The molecule has 94 valence electrons. The second kappa shape index (κ2) is 5.03. The number of carbonyl (C=O) groups is 1. The van der Waals surface area contributed by atoms with Crippen LogP contribution < -0.4 is 0 Å². The van der Waals surface area contributed by atoms with E-state index < -0.39 is 5.60 Å². The molecule has 0 aromatic carbocycles. The Balaban J connectivity index is 2.20. The van der Waals surface area contributed by atoms with Crippen LogP contribution in [0.5, 0.6) is 0 Å². The van der Waals surface area contributed by atoms with Crippen LogP contribution in [0, 0.1) is 17.2 Å². The number of nitrogens with one attached hydrogen (secondary N) is 1. The number of rotatable bonds is 3. The number of carbonyl (C=O) groups excluding carboxylic acids is 1. The zero-order valence-corrected chi connectivity index (χ0v) is 10.3. The number of ether oxygens (including phenoxy) is 1. The molecule has 2 aliphatic rings. The zero-order valence-electron chi connectivity index (χ0n) is 10.3. The minimum absolute atomic E-state index is 0.353. The van der Waals surface area contributed by atoms with Gasteiger partial charge in [0.25, 0.3) is 0 Å². The first-order chi connectivity index (χ1) is 8.22. The smallest absolute Gasteiger partial charge is 0.331 e. The molecule has 2 aliphatic carbocycles. The predicted molar refractivity (Wildman–Crippen MR) is 67.1 cm³/mol. The number of esters is 1. The molecular formula is C14H21NO2.